The Morgan fingerprint density at radius 2 is 2.19 bits per heavy atom. The zero-order valence-electron chi connectivity index (χ0n) is 9.70. The van der Waals surface area contributed by atoms with E-state index in [1.54, 1.807) is 0 Å². The molecule has 0 aromatic heterocycles. The van der Waals surface area contributed by atoms with Gasteiger partial charge in [0.05, 0.1) is 0 Å². The minimum absolute atomic E-state index is 0.382. The van der Waals surface area contributed by atoms with Crippen molar-refractivity contribution in [3.05, 3.63) is 34.9 Å². The number of benzene rings is 1. The molecule has 1 aromatic rings. The van der Waals surface area contributed by atoms with Crippen LogP contribution in [-0.2, 0) is 0 Å². The first-order valence-electron chi connectivity index (χ1n) is 5.88. The van der Waals surface area contributed by atoms with Crippen molar-refractivity contribution in [3.63, 3.8) is 0 Å². The molecule has 0 unspecified atom stereocenters. The van der Waals surface area contributed by atoms with Crippen molar-refractivity contribution in [2.45, 2.75) is 18.9 Å². The summed E-state index contributed by atoms with van der Waals surface area (Å²) in [6.07, 6.45) is 2.44. The molecule has 16 heavy (non-hydrogen) atoms. The normalized spacial score (nSPS) is 26.9. The minimum Gasteiger partial charge on any atom is -0.330 e. The summed E-state index contributed by atoms with van der Waals surface area (Å²) in [5, 5.41) is 0.861. The monoisotopic (exact) mass is 238 g/mol. The Morgan fingerprint density at radius 1 is 1.44 bits per heavy atom. The fraction of sp³-hybridized carbons (Fsp3) is 0.538. The zero-order chi connectivity index (χ0) is 11.5. The molecule has 1 fully saturated rings. The number of nitrogens with zero attached hydrogens (tertiary/aromatic N) is 1. The van der Waals surface area contributed by atoms with Crippen LogP contribution in [0.3, 0.4) is 0 Å². The Bertz CT molecular complexity index is 354. The van der Waals surface area contributed by atoms with Crippen molar-refractivity contribution in [2.75, 3.05) is 20.1 Å². The highest BCUT2D eigenvalue weighted by Crippen LogP contribution is 2.37. The van der Waals surface area contributed by atoms with E-state index in [1.807, 2.05) is 12.1 Å². The van der Waals surface area contributed by atoms with Gasteiger partial charge < -0.3 is 5.73 Å². The van der Waals surface area contributed by atoms with Crippen molar-refractivity contribution < 1.29 is 0 Å². The second-order valence-electron chi connectivity index (χ2n) is 4.58. The molecule has 0 saturated carbocycles. The van der Waals surface area contributed by atoms with Gasteiger partial charge in [0.1, 0.15) is 0 Å². The van der Waals surface area contributed by atoms with Crippen LogP contribution in [0.4, 0.5) is 0 Å². The van der Waals surface area contributed by atoms with Gasteiger partial charge in [0, 0.05) is 11.1 Å². The van der Waals surface area contributed by atoms with Gasteiger partial charge in [-0.1, -0.05) is 29.8 Å². The Kier molecular flexibility index (Phi) is 3.85. The second-order valence-corrected chi connectivity index (χ2v) is 4.99. The topological polar surface area (TPSA) is 29.3 Å². The first-order valence-corrected chi connectivity index (χ1v) is 6.26. The molecule has 1 aromatic carbocycles. The molecule has 2 rings (SSSR count). The van der Waals surface area contributed by atoms with Crippen LogP contribution in [0.15, 0.2) is 24.3 Å². The van der Waals surface area contributed by atoms with Crippen LogP contribution in [-0.4, -0.2) is 25.0 Å². The van der Waals surface area contributed by atoms with Crippen molar-refractivity contribution in [3.8, 4) is 0 Å². The van der Waals surface area contributed by atoms with E-state index < -0.39 is 0 Å². The lowest BCUT2D eigenvalue weighted by atomic mass is 9.85. The van der Waals surface area contributed by atoms with E-state index in [0.717, 1.165) is 18.1 Å². The first kappa shape index (κ1) is 11.9. The Hall–Kier alpha value is -0.570. The lowest BCUT2D eigenvalue weighted by molar-refractivity contribution is 0.125. The second kappa shape index (κ2) is 5.17. The van der Waals surface area contributed by atoms with Crippen LogP contribution in [0.1, 0.15) is 24.4 Å². The summed E-state index contributed by atoms with van der Waals surface area (Å²) in [5.74, 6) is 0.527. The Morgan fingerprint density at radius 3 is 2.88 bits per heavy atom. The van der Waals surface area contributed by atoms with Crippen LogP contribution in [0, 0.1) is 5.92 Å². The summed E-state index contributed by atoms with van der Waals surface area (Å²) >= 11 is 6.28. The van der Waals surface area contributed by atoms with Crippen molar-refractivity contribution >= 4 is 11.6 Å². The van der Waals surface area contributed by atoms with E-state index in [1.165, 1.54) is 18.4 Å². The fourth-order valence-corrected chi connectivity index (χ4v) is 2.96. The molecule has 0 radical (unpaired) electrons. The van der Waals surface area contributed by atoms with Gasteiger partial charge in [-0.3, -0.25) is 4.90 Å². The average molecular weight is 239 g/mol. The number of hydrogen-bond donors (Lipinski definition) is 1. The molecule has 88 valence electrons. The zero-order valence-corrected chi connectivity index (χ0v) is 10.5. The summed E-state index contributed by atoms with van der Waals surface area (Å²) in [7, 11) is 2.16. The van der Waals surface area contributed by atoms with Crippen molar-refractivity contribution in [1.82, 2.24) is 4.90 Å². The third-order valence-corrected chi connectivity index (χ3v) is 3.88. The molecule has 1 heterocycles. The van der Waals surface area contributed by atoms with Gasteiger partial charge in [0.25, 0.3) is 0 Å². The highest BCUT2D eigenvalue weighted by atomic mass is 35.5. The van der Waals surface area contributed by atoms with E-state index in [2.05, 4.69) is 24.1 Å². The van der Waals surface area contributed by atoms with Crippen LogP contribution in [0.5, 0.6) is 0 Å². The van der Waals surface area contributed by atoms with Crippen LogP contribution in [0.25, 0.3) is 0 Å². The SMILES string of the molecule is CN1CCC[C@H](CN)[C@H]1c1ccccc1Cl. The molecular weight excluding hydrogens is 220 g/mol. The number of likely N-dealkylation sites (tertiary alicyclic amines) is 1. The summed E-state index contributed by atoms with van der Waals surface area (Å²) in [6.45, 7) is 1.87. The van der Waals surface area contributed by atoms with Gasteiger partial charge in [0.15, 0.2) is 0 Å². The molecule has 0 amide bonds. The van der Waals surface area contributed by atoms with Gasteiger partial charge in [-0.25, -0.2) is 0 Å². The van der Waals surface area contributed by atoms with Gasteiger partial charge in [-0.05, 0) is 50.5 Å². The van der Waals surface area contributed by atoms with E-state index in [0.29, 0.717) is 12.0 Å². The lowest BCUT2D eigenvalue weighted by Crippen LogP contribution is -2.39. The fourth-order valence-electron chi connectivity index (χ4n) is 2.71. The largest absolute Gasteiger partial charge is 0.330 e. The molecule has 1 saturated heterocycles. The molecule has 1 aliphatic heterocycles. The minimum atomic E-state index is 0.382. The van der Waals surface area contributed by atoms with Crippen LogP contribution < -0.4 is 5.73 Å². The predicted octanol–water partition coefficient (Wildman–Crippen LogP) is 2.68. The third-order valence-electron chi connectivity index (χ3n) is 3.53. The summed E-state index contributed by atoms with van der Waals surface area (Å²) in [4.78, 5) is 2.38. The standard InChI is InChI=1S/C13H19ClN2/c1-16-8-4-5-10(9-15)13(16)11-6-2-3-7-12(11)14/h2-3,6-7,10,13H,4-5,8-9,15H2,1H3/t10-,13+/m1/s1. The molecule has 0 bridgehead atoms. The van der Waals surface area contributed by atoms with E-state index in [-0.39, 0.29) is 0 Å². The first-order chi connectivity index (χ1) is 7.74. The number of hydrogen-bond acceptors (Lipinski definition) is 2. The van der Waals surface area contributed by atoms with Crippen molar-refractivity contribution in [1.29, 1.82) is 0 Å². The molecule has 2 nitrogen and oxygen atoms in total. The average Bonchev–Trinajstić information content (AvgIpc) is 2.30. The maximum Gasteiger partial charge on any atom is 0.0453 e. The van der Waals surface area contributed by atoms with Gasteiger partial charge in [0.2, 0.25) is 0 Å². The quantitative estimate of drug-likeness (QED) is 0.859. The number of nitrogens with two attached hydrogens (primary N) is 1. The molecular formula is C13H19ClN2. The van der Waals surface area contributed by atoms with E-state index >= 15 is 0 Å². The summed E-state index contributed by atoms with van der Waals surface area (Å²) < 4.78 is 0. The van der Waals surface area contributed by atoms with Crippen molar-refractivity contribution in [2.24, 2.45) is 11.7 Å². The molecule has 1 aliphatic rings. The lowest BCUT2D eigenvalue weighted by Gasteiger charge is -2.39. The van der Waals surface area contributed by atoms with Gasteiger partial charge in [-0.15, -0.1) is 0 Å². The molecule has 2 atom stereocenters. The summed E-state index contributed by atoms with van der Waals surface area (Å²) in [6, 6.07) is 8.50. The molecule has 0 spiro atoms. The maximum atomic E-state index is 6.28. The van der Waals surface area contributed by atoms with Crippen LogP contribution in [0.2, 0.25) is 5.02 Å². The van der Waals surface area contributed by atoms with E-state index in [9.17, 15) is 0 Å². The van der Waals surface area contributed by atoms with Gasteiger partial charge >= 0.3 is 0 Å². The summed E-state index contributed by atoms with van der Waals surface area (Å²) in [5.41, 5.74) is 7.10. The van der Waals surface area contributed by atoms with Crippen LogP contribution >= 0.6 is 11.6 Å². The highest BCUT2D eigenvalue weighted by molar-refractivity contribution is 6.31. The third kappa shape index (κ3) is 2.24. The smallest absolute Gasteiger partial charge is 0.0453 e. The highest BCUT2D eigenvalue weighted by Gasteiger charge is 2.30. The van der Waals surface area contributed by atoms with Gasteiger partial charge in [-0.2, -0.15) is 0 Å². The number of halogens is 1. The molecule has 2 N–H and O–H groups in total. The number of rotatable bonds is 2. The maximum absolute atomic E-state index is 6.28. The Balaban J connectivity index is 2.32. The predicted molar refractivity (Wildman–Crippen MR) is 68.6 cm³/mol. The Labute approximate surface area is 102 Å². The number of piperidine rings is 1. The molecule has 3 heteroatoms. The molecule has 0 aliphatic carbocycles. The van der Waals surface area contributed by atoms with E-state index in [4.69, 9.17) is 17.3 Å².